The maximum absolute atomic E-state index is 13.3. The highest BCUT2D eigenvalue weighted by Gasteiger charge is 2.22. The average molecular weight is 377 g/mol. The number of rotatable bonds is 4. The highest BCUT2D eigenvalue weighted by molar-refractivity contribution is 5.93. The molecule has 142 valence electrons. The van der Waals surface area contributed by atoms with Crippen LogP contribution in [-0.2, 0) is 6.54 Å². The molecule has 3 aromatic rings. The molecule has 7 heteroatoms. The number of piperazine rings is 1. The first kappa shape index (κ1) is 18.2. The smallest absolute Gasteiger partial charge is 0.257 e. The Hall–Kier alpha value is -3.19. The van der Waals surface area contributed by atoms with Gasteiger partial charge in [0.2, 0.25) is 0 Å². The van der Waals surface area contributed by atoms with Crippen LogP contribution in [0.4, 0.5) is 4.39 Å². The van der Waals surface area contributed by atoms with Crippen molar-refractivity contribution in [2.75, 3.05) is 26.2 Å². The van der Waals surface area contributed by atoms with Crippen LogP contribution in [0.3, 0.4) is 0 Å². The lowest BCUT2D eigenvalue weighted by atomic mass is 10.2. The van der Waals surface area contributed by atoms with Crippen LogP contribution in [0, 0.1) is 5.82 Å². The Kier molecular flexibility index (Phi) is 5.34. The molecule has 0 radical (unpaired) electrons. The first-order valence-electron chi connectivity index (χ1n) is 9.17. The zero-order chi connectivity index (χ0) is 19.3. The Labute approximate surface area is 162 Å². The summed E-state index contributed by atoms with van der Waals surface area (Å²) >= 11 is 0. The van der Waals surface area contributed by atoms with Crippen molar-refractivity contribution in [3.63, 3.8) is 0 Å². The highest BCUT2D eigenvalue weighted by Crippen LogP contribution is 2.15. The minimum atomic E-state index is -0.221. The summed E-state index contributed by atoms with van der Waals surface area (Å²) in [5.74, 6) is 0.284. The van der Waals surface area contributed by atoms with E-state index < -0.39 is 0 Å². The third kappa shape index (κ3) is 4.20. The Morgan fingerprint density at radius 3 is 2.39 bits per heavy atom. The summed E-state index contributed by atoms with van der Waals surface area (Å²) in [5, 5.41) is 0. The van der Waals surface area contributed by atoms with Gasteiger partial charge in [-0.3, -0.25) is 14.7 Å². The lowest BCUT2D eigenvalue weighted by Crippen LogP contribution is -2.48. The van der Waals surface area contributed by atoms with Gasteiger partial charge in [-0.25, -0.2) is 14.4 Å². The molecule has 0 saturated carbocycles. The van der Waals surface area contributed by atoms with Gasteiger partial charge in [-0.2, -0.15) is 0 Å². The normalized spacial score (nSPS) is 14.8. The van der Waals surface area contributed by atoms with Crippen molar-refractivity contribution in [1.82, 2.24) is 24.8 Å². The molecular weight excluding hydrogens is 357 g/mol. The van der Waals surface area contributed by atoms with E-state index in [9.17, 15) is 9.18 Å². The van der Waals surface area contributed by atoms with Gasteiger partial charge in [0.25, 0.3) is 5.91 Å². The summed E-state index contributed by atoms with van der Waals surface area (Å²) in [7, 11) is 0. The second-order valence-corrected chi connectivity index (χ2v) is 6.73. The van der Waals surface area contributed by atoms with Crippen molar-refractivity contribution < 1.29 is 9.18 Å². The number of nitrogens with zero attached hydrogens (tertiary/aromatic N) is 5. The lowest BCUT2D eigenvalue weighted by Gasteiger charge is -2.34. The fourth-order valence-electron chi connectivity index (χ4n) is 3.27. The Balaban J connectivity index is 1.35. The van der Waals surface area contributed by atoms with E-state index in [1.54, 1.807) is 36.9 Å². The highest BCUT2D eigenvalue weighted by atomic mass is 19.1. The minimum Gasteiger partial charge on any atom is -0.336 e. The number of carbonyl (C=O) groups excluding carboxylic acids is 1. The molecular formula is C21H20FN5O. The van der Waals surface area contributed by atoms with E-state index in [4.69, 9.17) is 0 Å². The summed E-state index contributed by atoms with van der Waals surface area (Å²) in [6.45, 7) is 3.43. The lowest BCUT2D eigenvalue weighted by molar-refractivity contribution is 0.0627. The maximum Gasteiger partial charge on any atom is 0.257 e. The van der Waals surface area contributed by atoms with Gasteiger partial charge in [-0.15, -0.1) is 0 Å². The summed E-state index contributed by atoms with van der Waals surface area (Å²) in [6, 6.07) is 10.3. The van der Waals surface area contributed by atoms with Gasteiger partial charge in [0.1, 0.15) is 5.82 Å². The SMILES string of the molecule is O=C(c1cnc(-c2ccncc2)nc1)N1CCN(Cc2cccc(F)c2)CC1. The van der Waals surface area contributed by atoms with Crippen molar-refractivity contribution in [3.8, 4) is 11.4 Å². The summed E-state index contributed by atoms with van der Waals surface area (Å²) in [5.41, 5.74) is 2.29. The third-order valence-corrected chi connectivity index (χ3v) is 4.79. The Morgan fingerprint density at radius 1 is 1.00 bits per heavy atom. The van der Waals surface area contributed by atoms with Crippen molar-refractivity contribution in [2.45, 2.75) is 6.54 Å². The quantitative estimate of drug-likeness (QED) is 0.700. The maximum atomic E-state index is 13.3. The van der Waals surface area contributed by atoms with Gasteiger partial charge >= 0.3 is 0 Å². The van der Waals surface area contributed by atoms with E-state index in [2.05, 4.69) is 19.9 Å². The van der Waals surface area contributed by atoms with Gasteiger partial charge in [0.05, 0.1) is 5.56 Å². The standard InChI is InChI=1S/C21H20FN5O/c22-19-3-1-2-16(12-19)15-26-8-10-27(11-9-26)21(28)18-13-24-20(25-14-18)17-4-6-23-7-5-17/h1-7,12-14H,8-11,15H2. The molecule has 1 aromatic carbocycles. The molecule has 0 bridgehead atoms. The summed E-state index contributed by atoms with van der Waals surface area (Å²) in [4.78, 5) is 29.4. The van der Waals surface area contributed by atoms with Crippen LogP contribution < -0.4 is 0 Å². The van der Waals surface area contributed by atoms with Crippen LogP contribution in [0.25, 0.3) is 11.4 Å². The predicted molar refractivity (Wildman–Crippen MR) is 103 cm³/mol. The number of hydrogen-bond donors (Lipinski definition) is 0. The Bertz CT molecular complexity index is 941. The number of carbonyl (C=O) groups is 1. The molecule has 0 atom stereocenters. The van der Waals surface area contributed by atoms with E-state index in [1.807, 2.05) is 23.1 Å². The topological polar surface area (TPSA) is 62.2 Å². The first-order chi connectivity index (χ1) is 13.7. The van der Waals surface area contributed by atoms with Gasteiger partial charge in [-0.05, 0) is 29.8 Å². The molecule has 4 rings (SSSR count). The predicted octanol–water partition coefficient (Wildman–Crippen LogP) is 2.64. The van der Waals surface area contributed by atoms with E-state index >= 15 is 0 Å². The number of hydrogen-bond acceptors (Lipinski definition) is 5. The van der Waals surface area contributed by atoms with Crippen LogP contribution in [-0.4, -0.2) is 56.8 Å². The van der Waals surface area contributed by atoms with E-state index in [0.29, 0.717) is 31.0 Å². The van der Waals surface area contributed by atoms with Gasteiger partial charge < -0.3 is 4.90 Å². The molecule has 1 fully saturated rings. The van der Waals surface area contributed by atoms with Crippen molar-refractivity contribution in [2.24, 2.45) is 0 Å². The van der Waals surface area contributed by atoms with Crippen molar-refractivity contribution in [3.05, 3.63) is 78.1 Å². The monoisotopic (exact) mass is 377 g/mol. The first-order valence-corrected chi connectivity index (χ1v) is 9.17. The molecule has 1 aliphatic rings. The number of aromatic nitrogens is 3. The molecule has 0 aliphatic carbocycles. The van der Waals surface area contributed by atoms with Gasteiger partial charge in [0.15, 0.2) is 5.82 Å². The Morgan fingerprint density at radius 2 is 1.71 bits per heavy atom. The third-order valence-electron chi connectivity index (χ3n) is 4.79. The van der Waals surface area contributed by atoms with Crippen LogP contribution in [0.15, 0.2) is 61.2 Å². The zero-order valence-corrected chi connectivity index (χ0v) is 15.3. The van der Waals surface area contributed by atoms with E-state index in [1.165, 1.54) is 6.07 Å². The largest absolute Gasteiger partial charge is 0.336 e. The zero-order valence-electron chi connectivity index (χ0n) is 15.3. The van der Waals surface area contributed by atoms with Gasteiger partial charge in [0, 0.05) is 63.1 Å². The molecule has 6 nitrogen and oxygen atoms in total. The van der Waals surface area contributed by atoms with Crippen molar-refractivity contribution >= 4 is 5.91 Å². The van der Waals surface area contributed by atoms with Crippen LogP contribution >= 0.6 is 0 Å². The van der Waals surface area contributed by atoms with Crippen molar-refractivity contribution in [1.29, 1.82) is 0 Å². The molecule has 28 heavy (non-hydrogen) atoms. The second-order valence-electron chi connectivity index (χ2n) is 6.73. The molecule has 3 heterocycles. The molecule has 1 saturated heterocycles. The molecule has 0 spiro atoms. The molecule has 1 amide bonds. The summed E-state index contributed by atoms with van der Waals surface area (Å²) < 4.78 is 13.3. The second kappa shape index (κ2) is 8.22. The van der Waals surface area contributed by atoms with Crippen LogP contribution in [0.2, 0.25) is 0 Å². The molecule has 1 aliphatic heterocycles. The minimum absolute atomic E-state index is 0.0633. The van der Waals surface area contributed by atoms with E-state index in [0.717, 1.165) is 24.2 Å². The number of halogens is 1. The van der Waals surface area contributed by atoms with Crippen LogP contribution in [0.1, 0.15) is 15.9 Å². The van der Waals surface area contributed by atoms with Crippen LogP contribution in [0.5, 0.6) is 0 Å². The number of amides is 1. The number of benzene rings is 1. The fourth-order valence-corrected chi connectivity index (χ4v) is 3.27. The average Bonchev–Trinajstić information content (AvgIpc) is 2.75. The summed E-state index contributed by atoms with van der Waals surface area (Å²) in [6.07, 6.45) is 6.51. The fraction of sp³-hybridized carbons (Fsp3) is 0.238. The number of pyridine rings is 1. The molecule has 2 aromatic heterocycles. The van der Waals surface area contributed by atoms with Gasteiger partial charge in [-0.1, -0.05) is 12.1 Å². The molecule has 0 unspecified atom stereocenters. The molecule has 0 N–H and O–H groups in total. The van der Waals surface area contributed by atoms with E-state index in [-0.39, 0.29) is 11.7 Å².